The molecular formula is C17H23NOSi. The molecule has 0 aromatic heterocycles. The number of nitrogens with two attached hydrogens (primary N) is 1. The van der Waals surface area contributed by atoms with Crippen LogP contribution in [-0.4, -0.2) is 15.0 Å². The molecule has 0 saturated heterocycles. The summed E-state index contributed by atoms with van der Waals surface area (Å²) < 4.78 is 6.28. The lowest BCUT2D eigenvalue weighted by molar-refractivity contribution is 0.309. The summed E-state index contributed by atoms with van der Waals surface area (Å²) in [6, 6.07) is 21.0. The molecule has 0 saturated carbocycles. The van der Waals surface area contributed by atoms with Crippen LogP contribution in [-0.2, 0) is 4.43 Å². The lowest BCUT2D eigenvalue weighted by Crippen LogP contribution is -2.67. The van der Waals surface area contributed by atoms with Gasteiger partial charge in [0.05, 0.1) is 6.73 Å². The Morgan fingerprint density at radius 1 is 0.850 bits per heavy atom. The maximum absolute atomic E-state index is 6.28. The zero-order chi connectivity index (χ0) is 14.6. The summed E-state index contributed by atoms with van der Waals surface area (Å²) in [4.78, 5) is 0. The quantitative estimate of drug-likeness (QED) is 0.692. The van der Waals surface area contributed by atoms with E-state index in [4.69, 9.17) is 10.2 Å². The lowest BCUT2D eigenvalue weighted by atomic mass is 10.2. The molecule has 0 fully saturated rings. The van der Waals surface area contributed by atoms with E-state index < -0.39 is 8.32 Å². The van der Waals surface area contributed by atoms with Crippen LogP contribution in [0.25, 0.3) is 0 Å². The molecule has 0 spiro atoms. The molecule has 0 atom stereocenters. The van der Waals surface area contributed by atoms with Gasteiger partial charge in [-0.15, -0.1) is 0 Å². The molecule has 0 aliphatic carbocycles. The van der Waals surface area contributed by atoms with E-state index in [9.17, 15) is 0 Å². The molecule has 2 nitrogen and oxygen atoms in total. The average molecular weight is 285 g/mol. The van der Waals surface area contributed by atoms with Gasteiger partial charge in [0.2, 0.25) is 0 Å². The molecule has 2 aromatic rings. The van der Waals surface area contributed by atoms with Crippen LogP contribution in [0.15, 0.2) is 60.7 Å². The van der Waals surface area contributed by atoms with Crippen molar-refractivity contribution >= 4 is 18.7 Å². The summed E-state index contributed by atoms with van der Waals surface area (Å²) in [6.45, 7) is 6.98. The fraction of sp³-hybridized carbons (Fsp3) is 0.294. The molecule has 0 radical (unpaired) electrons. The third kappa shape index (κ3) is 2.57. The van der Waals surface area contributed by atoms with Gasteiger partial charge in [0.15, 0.2) is 0 Å². The number of benzene rings is 2. The molecule has 0 aliphatic heterocycles. The standard InChI is InChI=1S/C17H23NOSi/c1-17(2,3)20(19-14-18,15-10-6-4-7-11-15)16-12-8-5-9-13-16/h4-13H,14,18H2,1-3H3. The van der Waals surface area contributed by atoms with Crippen molar-refractivity contribution in [2.45, 2.75) is 25.8 Å². The Morgan fingerprint density at radius 3 is 1.55 bits per heavy atom. The average Bonchev–Trinajstić information content (AvgIpc) is 2.45. The topological polar surface area (TPSA) is 35.2 Å². The Hall–Kier alpha value is -1.42. The zero-order valence-electron chi connectivity index (χ0n) is 12.5. The van der Waals surface area contributed by atoms with Crippen LogP contribution in [0.2, 0.25) is 5.04 Å². The first-order chi connectivity index (χ1) is 9.52. The van der Waals surface area contributed by atoms with E-state index in [0.717, 1.165) is 0 Å². The second-order valence-electron chi connectivity index (χ2n) is 5.97. The summed E-state index contributed by atoms with van der Waals surface area (Å²) in [6.07, 6.45) is 0. The van der Waals surface area contributed by atoms with Crippen molar-refractivity contribution in [1.29, 1.82) is 0 Å². The van der Waals surface area contributed by atoms with Crippen molar-refractivity contribution < 1.29 is 4.43 Å². The smallest absolute Gasteiger partial charge is 0.262 e. The van der Waals surface area contributed by atoms with Gasteiger partial charge >= 0.3 is 0 Å². The van der Waals surface area contributed by atoms with Crippen molar-refractivity contribution in [3.05, 3.63) is 60.7 Å². The molecule has 0 unspecified atom stereocenters. The van der Waals surface area contributed by atoms with Crippen LogP contribution in [0.4, 0.5) is 0 Å². The van der Waals surface area contributed by atoms with Crippen LogP contribution in [0.3, 0.4) is 0 Å². The molecule has 2 aromatic carbocycles. The Bertz CT molecular complexity index is 494. The molecule has 2 rings (SSSR count). The van der Waals surface area contributed by atoms with Crippen LogP contribution < -0.4 is 16.1 Å². The van der Waals surface area contributed by atoms with Gasteiger partial charge in [0.25, 0.3) is 8.32 Å². The highest BCUT2D eigenvalue weighted by Gasteiger charge is 2.49. The van der Waals surface area contributed by atoms with Gasteiger partial charge in [-0.1, -0.05) is 81.4 Å². The van der Waals surface area contributed by atoms with Gasteiger partial charge in [-0.3, -0.25) is 0 Å². The van der Waals surface area contributed by atoms with Crippen LogP contribution in [0.5, 0.6) is 0 Å². The molecular weight excluding hydrogens is 262 g/mol. The number of hydrogen-bond acceptors (Lipinski definition) is 2. The monoisotopic (exact) mass is 285 g/mol. The minimum absolute atomic E-state index is 0.00900. The van der Waals surface area contributed by atoms with Crippen molar-refractivity contribution in [2.75, 3.05) is 6.73 Å². The Kier molecular flexibility index (Phi) is 4.43. The molecule has 0 amide bonds. The molecule has 0 heterocycles. The Labute approximate surface area is 122 Å². The largest absolute Gasteiger partial charge is 0.395 e. The van der Waals surface area contributed by atoms with Crippen molar-refractivity contribution in [1.82, 2.24) is 0 Å². The second kappa shape index (κ2) is 5.91. The Morgan fingerprint density at radius 2 is 1.25 bits per heavy atom. The minimum Gasteiger partial charge on any atom is -0.395 e. The van der Waals surface area contributed by atoms with Gasteiger partial charge in [-0.05, 0) is 15.4 Å². The van der Waals surface area contributed by atoms with E-state index in [1.54, 1.807) is 0 Å². The van der Waals surface area contributed by atoms with Crippen molar-refractivity contribution in [2.24, 2.45) is 5.73 Å². The summed E-state index contributed by atoms with van der Waals surface area (Å²) in [5.41, 5.74) is 5.80. The maximum atomic E-state index is 6.28. The van der Waals surface area contributed by atoms with Gasteiger partial charge < -0.3 is 10.2 Å². The predicted molar refractivity (Wildman–Crippen MR) is 87.8 cm³/mol. The zero-order valence-corrected chi connectivity index (χ0v) is 13.5. The van der Waals surface area contributed by atoms with Crippen molar-refractivity contribution in [3.8, 4) is 0 Å². The minimum atomic E-state index is -2.37. The van der Waals surface area contributed by atoms with E-state index in [2.05, 4.69) is 69.3 Å². The van der Waals surface area contributed by atoms with Crippen molar-refractivity contribution in [3.63, 3.8) is 0 Å². The van der Waals surface area contributed by atoms with E-state index in [1.807, 2.05) is 12.1 Å². The molecule has 0 bridgehead atoms. The molecule has 2 N–H and O–H groups in total. The maximum Gasteiger partial charge on any atom is 0.262 e. The molecule has 0 aliphatic rings. The second-order valence-corrected chi connectivity index (χ2v) is 10.3. The summed E-state index contributed by atoms with van der Waals surface area (Å²) >= 11 is 0. The van der Waals surface area contributed by atoms with Gasteiger partial charge in [0, 0.05) is 0 Å². The number of rotatable bonds is 4. The van der Waals surface area contributed by atoms with Gasteiger partial charge in [-0.2, -0.15) is 0 Å². The fourth-order valence-electron chi connectivity index (χ4n) is 2.89. The number of hydrogen-bond donors (Lipinski definition) is 1. The Balaban J connectivity index is 2.70. The van der Waals surface area contributed by atoms with Crippen LogP contribution in [0, 0.1) is 0 Å². The van der Waals surface area contributed by atoms with Gasteiger partial charge in [0.1, 0.15) is 0 Å². The van der Waals surface area contributed by atoms with Crippen LogP contribution >= 0.6 is 0 Å². The van der Waals surface area contributed by atoms with Crippen LogP contribution in [0.1, 0.15) is 20.8 Å². The highest BCUT2D eigenvalue weighted by molar-refractivity contribution is 6.99. The van der Waals surface area contributed by atoms with E-state index in [-0.39, 0.29) is 11.8 Å². The summed E-state index contributed by atoms with van der Waals surface area (Å²) in [7, 11) is -2.37. The summed E-state index contributed by atoms with van der Waals surface area (Å²) in [5, 5.41) is 2.54. The highest BCUT2D eigenvalue weighted by atomic mass is 28.4. The predicted octanol–water partition coefficient (Wildman–Crippen LogP) is 2.48. The van der Waals surface area contributed by atoms with E-state index >= 15 is 0 Å². The first kappa shape index (κ1) is 15.0. The third-order valence-corrected chi connectivity index (χ3v) is 8.72. The lowest BCUT2D eigenvalue weighted by Gasteiger charge is -2.42. The first-order valence-electron chi connectivity index (χ1n) is 6.97. The molecule has 3 heteroatoms. The third-order valence-electron chi connectivity index (χ3n) is 3.72. The molecule has 106 valence electrons. The molecule has 20 heavy (non-hydrogen) atoms. The van der Waals surface area contributed by atoms with E-state index in [1.165, 1.54) is 10.4 Å². The normalized spacial score (nSPS) is 12.4. The highest BCUT2D eigenvalue weighted by Crippen LogP contribution is 2.36. The van der Waals surface area contributed by atoms with E-state index in [0.29, 0.717) is 0 Å². The SMILES string of the molecule is CC(C)(C)[Si](OCN)(c1ccccc1)c1ccccc1. The van der Waals surface area contributed by atoms with Gasteiger partial charge in [-0.25, -0.2) is 0 Å². The fourth-order valence-corrected chi connectivity index (χ4v) is 7.29. The first-order valence-corrected chi connectivity index (χ1v) is 8.88. The summed E-state index contributed by atoms with van der Waals surface area (Å²) in [5.74, 6) is 0.